The van der Waals surface area contributed by atoms with Crippen LogP contribution in [0.15, 0.2) is 65.3 Å². The molecule has 0 amide bonds. The van der Waals surface area contributed by atoms with Gasteiger partial charge in [0.25, 0.3) is 0 Å². The van der Waals surface area contributed by atoms with Gasteiger partial charge in [-0.3, -0.25) is 0 Å². The van der Waals surface area contributed by atoms with E-state index in [0.717, 1.165) is 59.6 Å². The predicted octanol–water partition coefficient (Wildman–Crippen LogP) is 7.52. The van der Waals surface area contributed by atoms with Gasteiger partial charge in [-0.1, -0.05) is 56.8 Å². The van der Waals surface area contributed by atoms with E-state index in [1.165, 1.54) is 0 Å². The molecule has 2 aromatic rings. The maximum atomic E-state index is 12.4. The molecule has 0 aliphatic carbocycles. The van der Waals surface area contributed by atoms with Gasteiger partial charge in [0.15, 0.2) is 0 Å². The van der Waals surface area contributed by atoms with Crippen molar-refractivity contribution in [2.75, 3.05) is 13.1 Å². The van der Waals surface area contributed by atoms with Crippen LogP contribution in [0.1, 0.15) is 44.2 Å². The summed E-state index contributed by atoms with van der Waals surface area (Å²) in [4.78, 5) is 6.94. The number of alkyl halides is 3. The highest BCUT2D eigenvalue weighted by Gasteiger charge is 2.27. The van der Waals surface area contributed by atoms with E-state index >= 15 is 0 Å². The zero-order chi connectivity index (χ0) is 24.0. The fourth-order valence-corrected chi connectivity index (χ4v) is 4.36. The number of rotatable bonds is 9. The average Bonchev–Trinajstić information content (AvgIpc) is 2.94. The van der Waals surface area contributed by atoms with Crippen LogP contribution in [0.5, 0.6) is 0 Å². The van der Waals surface area contributed by atoms with Crippen LogP contribution in [0.4, 0.5) is 18.9 Å². The molecule has 1 heterocycles. The van der Waals surface area contributed by atoms with Crippen LogP contribution in [0, 0.1) is 0 Å². The summed E-state index contributed by atoms with van der Waals surface area (Å²) in [6, 6.07) is 13.1. The molecule has 3 nitrogen and oxygen atoms in total. The summed E-state index contributed by atoms with van der Waals surface area (Å²) in [6.07, 6.45) is 4.74. The third kappa shape index (κ3) is 6.90. The molecule has 2 N–H and O–H groups in total. The van der Waals surface area contributed by atoms with E-state index in [9.17, 15) is 13.2 Å². The second kappa shape index (κ2) is 11.0. The normalized spacial score (nSPS) is 13.6. The zero-order valence-electron chi connectivity index (χ0n) is 19.1. The summed E-state index contributed by atoms with van der Waals surface area (Å²) in [5, 5.41) is 0. The Hall–Kier alpha value is -2.67. The lowest BCUT2D eigenvalue weighted by Crippen LogP contribution is -2.26. The largest absolute Gasteiger partial charge is 0.442 e. The molecule has 0 spiro atoms. The Kier molecular flexibility index (Phi) is 8.30. The van der Waals surface area contributed by atoms with E-state index in [0.29, 0.717) is 17.8 Å². The first-order valence-electron chi connectivity index (χ1n) is 11.1. The fourth-order valence-electron chi connectivity index (χ4n) is 3.84. The highest BCUT2D eigenvalue weighted by Crippen LogP contribution is 2.35. The van der Waals surface area contributed by atoms with Crippen LogP contribution >= 0.6 is 11.8 Å². The van der Waals surface area contributed by atoms with E-state index in [2.05, 4.69) is 36.4 Å². The van der Waals surface area contributed by atoms with Gasteiger partial charge in [-0.25, -0.2) is 4.99 Å². The molecule has 2 aromatic carbocycles. The Morgan fingerprint density at radius 1 is 1.06 bits per heavy atom. The summed E-state index contributed by atoms with van der Waals surface area (Å²) in [5.74, 6) is 0.435. The predicted molar refractivity (Wildman–Crippen MR) is 134 cm³/mol. The van der Waals surface area contributed by atoms with Crippen LogP contribution in [0.3, 0.4) is 0 Å². The first kappa shape index (κ1) is 25.0. The Morgan fingerprint density at radius 2 is 1.70 bits per heavy atom. The minimum Gasteiger partial charge on any atom is -0.387 e. The number of allylic oxidation sites excluding steroid dienone is 1. The van der Waals surface area contributed by atoms with Crippen molar-refractivity contribution in [3.63, 3.8) is 0 Å². The van der Waals surface area contributed by atoms with Crippen molar-refractivity contribution in [3.8, 4) is 11.1 Å². The first-order valence-corrected chi connectivity index (χ1v) is 12.1. The van der Waals surface area contributed by atoms with Gasteiger partial charge in [0.2, 0.25) is 0 Å². The highest BCUT2D eigenvalue weighted by atomic mass is 32.2. The smallest absolute Gasteiger partial charge is 0.387 e. The van der Waals surface area contributed by atoms with E-state index < -0.39 is 5.51 Å². The van der Waals surface area contributed by atoms with Gasteiger partial charge in [-0.15, -0.1) is 0 Å². The van der Waals surface area contributed by atoms with Gasteiger partial charge in [0.1, 0.15) is 5.84 Å². The molecule has 1 aliphatic heterocycles. The molecule has 0 atom stereocenters. The lowest BCUT2D eigenvalue weighted by Gasteiger charge is -2.27. The van der Waals surface area contributed by atoms with Crippen molar-refractivity contribution in [1.82, 2.24) is 4.90 Å². The van der Waals surface area contributed by atoms with Crippen molar-refractivity contribution in [3.05, 3.63) is 71.4 Å². The minimum absolute atomic E-state index is 0.0289. The Morgan fingerprint density at radius 3 is 2.30 bits per heavy atom. The number of amidine groups is 1. The van der Waals surface area contributed by atoms with Crippen molar-refractivity contribution in [2.24, 2.45) is 10.7 Å². The quantitative estimate of drug-likeness (QED) is 0.409. The summed E-state index contributed by atoms with van der Waals surface area (Å²) in [6.45, 7) is 10.6. The van der Waals surface area contributed by atoms with Crippen LogP contribution in [0.2, 0.25) is 0 Å². The number of thioether (sulfide) groups is 1. The summed E-state index contributed by atoms with van der Waals surface area (Å²) in [7, 11) is 0. The van der Waals surface area contributed by atoms with Crippen LogP contribution in [-0.4, -0.2) is 29.3 Å². The number of halogens is 3. The number of nitrogens with two attached hydrogens (primary N) is 1. The number of hydrogen-bond acceptors (Lipinski definition) is 4. The van der Waals surface area contributed by atoms with Gasteiger partial charge in [0, 0.05) is 36.5 Å². The van der Waals surface area contributed by atoms with Crippen molar-refractivity contribution in [1.29, 1.82) is 0 Å². The third-order valence-electron chi connectivity index (χ3n) is 5.43. The molecule has 1 aliphatic rings. The van der Waals surface area contributed by atoms with Crippen molar-refractivity contribution in [2.45, 2.75) is 44.4 Å². The van der Waals surface area contributed by atoms with E-state index in [1.54, 1.807) is 12.1 Å². The SMILES string of the molecule is C=C(C1=Cc2ccc(-c3ccc(CSC(F)(F)F)cc3)cc2N=C(N)C1)N(CCC)CCC. The molecule has 0 bridgehead atoms. The van der Waals surface area contributed by atoms with E-state index in [-0.39, 0.29) is 17.5 Å². The summed E-state index contributed by atoms with van der Waals surface area (Å²) >= 11 is -0.0289. The Bertz CT molecular complexity index is 1030. The summed E-state index contributed by atoms with van der Waals surface area (Å²) in [5.41, 5.74) is 8.33. The number of fused-ring (bicyclic) bond motifs is 1. The number of hydrogen-bond donors (Lipinski definition) is 1. The third-order valence-corrected chi connectivity index (χ3v) is 6.23. The average molecular weight is 474 g/mol. The van der Waals surface area contributed by atoms with Crippen LogP contribution in [0.25, 0.3) is 17.2 Å². The van der Waals surface area contributed by atoms with Crippen LogP contribution in [-0.2, 0) is 5.75 Å². The number of aliphatic imine (C=N–C) groups is 1. The molecular weight excluding hydrogens is 443 g/mol. The van der Waals surface area contributed by atoms with Gasteiger partial charge >= 0.3 is 5.51 Å². The Balaban J connectivity index is 1.85. The van der Waals surface area contributed by atoms with Crippen LogP contribution < -0.4 is 5.73 Å². The second-order valence-corrected chi connectivity index (χ2v) is 9.13. The fraction of sp³-hybridized carbons (Fsp3) is 0.346. The molecular formula is C26H30F3N3S. The van der Waals surface area contributed by atoms with E-state index in [4.69, 9.17) is 5.73 Å². The molecule has 0 radical (unpaired) electrons. The zero-order valence-corrected chi connectivity index (χ0v) is 19.9. The van der Waals surface area contributed by atoms with Gasteiger partial charge in [-0.05, 0) is 59.0 Å². The second-order valence-electron chi connectivity index (χ2n) is 8.09. The van der Waals surface area contributed by atoms with Gasteiger partial charge in [-0.2, -0.15) is 13.2 Å². The lowest BCUT2D eigenvalue weighted by molar-refractivity contribution is -0.0329. The standard InChI is InChI=1S/C26H30F3N3S/c1-4-12-32(13-5-2)18(3)23-14-22-11-10-21(15-24(22)31-25(30)16-23)20-8-6-19(7-9-20)17-33-26(27,28)29/h6-11,14-15H,3-5,12-13,16-17H2,1-2H3,(H2,30,31). The van der Waals surface area contributed by atoms with E-state index in [1.807, 2.05) is 30.3 Å². The van der Waals surface area contributed by atoms with Gasteiger partial charge in [0.05, 0.1) is 5.69 Å². The molecule has 176 valence electrons. The minimum atomic E-state index is -4.23. The maximum absolute atomic E-state index is 12.4. The van der Waals surface area contributed by atoms with Gasteiger partial charge < -0.3 is 10.6 Å². The molecule has 0 unspecified atom stereocenters. The lowest BCUT2D eigenvalue weighted by atomic mass is 9.99. The molecule has 0 fully saturated rings. The van der Waals surface area contributed by atoms with Crippen molar-refractivity contribution < 1.29 is 13.2 Å². The first-order chi connectivity index (χ1) is 15.7. The van der Waals surface area contributed by atoms with Crippen molar-refractivity contribution >= 4 is 29.4 Å². The Labute approximate surface area is 198 Å². The molecule has 0 aromatic heterocycles. The highest BCUT2D eigenvalue weighted by molar-refractivity contribution is 7.99. The molecule has 7 heteroatoms. The topological polar surface area (TPSA) is 41.6 Å². The number of benzene rings is 2. The summed E-state index contributed by atoms with van der Waals surface area (Å²) < 4.78 is 37.3. The maximum Gasteiger partial charge on any atom is 0.442 e. The monoisotopic (exact) mass is 473 g/mol. The molecule has 0 saturated carbocycles. The molecule has 33 heavy (non-hydrogen) atoms. The molecule has 0 saturated heterocycles. The molecule has 3 rings (SSSR count). The number of nitrogens with zero attached hydrogens (tertiary/aromatic N) is 2.